The van der Waals surface area contributed by atoms with E-state index < -0.39 is 6.04 Å². The van der Waals surface area contributed by atoms with Crippen LogP contribution in [0.15, 0.2) is 77.6 Å². The predicted octanol–water partition coefficient (Wildman–Crippen LogP) is 5.32. The Morgan fingerprint density at radius 3 is 2.47 bits per heavy atom. The van der Waals surface area contributed by atoms with Gasteiger partial charge in [0, 0.05) is 12.1 Å². The van der Waals surface area contributed by atoms with Crippen molar-refractivity contribution < 1.29 is 9.53 Å². The minimum Gasteiger partial charge on any atom is -0.497 e. The van der Waals surface area contributed by atoms with Gasteiger partial charge in [0.25, 0.3) is 11.5 Å². The number of benzene rings is 3. The molecule has 174 valence electrons. The van der Waals surface area contributed by atoms with Crippen LogP contribution in [0.1, 0.15) is 48.1 Å². The average Bonchev–Trinajstić information content (AvgIpc) is 2.86. The summed E-state index contributed by atoms with van der Waals surface area (Å²) in [5.41, 5.74) is 2.80. The molecule has 1 atom stereocenters. The fourth-order valence-electron chi connectivity index (χ4n) is 4.20. The van der Waals surface area contributed by atoms with Crippen LogP contribution in [-0.2, 0) is 0 Å². The third kappa shape index (κ3) is 4.44. The van der Waals surface area contributed by atoms with Crippen molar-refractivity contribution in [1.82, 2.24) is 14.5 Å². The Bertz CT molecular complexity index is 1380. The molecule has 34 heavy (non-hydrogen) atoms. The second-order valence-corrected chi connectivity index (χ2v) is 8.37. The SMILES string of the molecule is CCCN(C(=O)c1ccc(OC)cc1)C(C)c1nc2ccccc2c(=O)n1-c1cccc(C)c1. The van der Waals surface area contributed by atoms with Crippen molar-refractivity contribution in [3.05, 3.63) is 100 Å². The summed E-state index contributed by atoms with van der Waals surface area (Å²) in [4.78, 5) is 33.9. The van der Waals surface area contributed by atoms with Gasteiger partial charge < -0.3 is 9.64 Å². The highest BCUT2D eigenvalue weighted by molar-refractivity contribution is 5.94. The van der Waals surface area contributed by atoms with Crippen LogP contribution in [0.5, 0.6) is 5.75 Å². The fraction of sp³-hybridized carbons (Fsp3) is 0.250. The molecule has 0 saturated heterocycles. The quantitative estimate of drug-likeness (QED) is 0.379. The smallest absolute Gasteiger partial charge is 0.266 e. The zero-order valence-corrected chi connectivity index (χ0v) is 20.0. The number of rotatable bonds is 7. The molecule has 3 aromatic carbocycles. The van der Waals surface area contributed by atoms with Gasteiger partial charge in [-0.05, 0) is 74.4 Å². The molecular formula is C28H29N3O3. The summed E-state index contributed by atoms with van der Waals surface area (Å²) in [5, 5.41) is 0.545. The first-order valence-corrected chi connectivity index (χ1v) is 11.5. The first-order valence-electron chi connectivity index (χ1n) is 11.5. The normalized spacial score (nSPS) is 11.9. The van der Waals surface area contributed by atoms with Gasteiger partial charge in [-0.1, -0.05) is 31.2 Å². The molecule has 4 rings (SSSR count). The second-order valence-electron chi connectivity index (χ2n) is 8.37. The monoisotopic (exact) mass is 455 g/mol. The number of carbonyl (C=O) groups is 1. The van der Waals surface area contributed by atoms with Gasteiger partial charge in [-0.2, -0.15) is 0 Å². The van der Waals surface area contributed by atoms with Crippen LogP contribution < -0.4 is 10.3 Å². The standard InChI is InChI=1S/C28H29N3O3/c1-5-17-30(27(32)21-13-15-23(34-4)16-14-21)20(3)26-29-25-12-7-6-11-24(25)28(33)31(26)22-10-8-9-19(2)18-22/h6-16,18,20H,5,17H2,1-4H3. The molecule has 0 aliphatic carbocycles. The maximum Gasteiger partial charge on any atom is 0.266 e. The molecule has 0 N–H and O–H groups in total. The predicted molar refractivity (Wildman–Crippen MR) is 135 cm³/mol. The van der Waals surface area contributed by atoms with Crippen molar-refractivity contribution in [1.29, 1.82) is 0 Å². The molecule has 0 aliphatic heterocycles. The van der Waals surface area contributed by atoms with Crippen molar-refractivity contribution in [3.63, 3.8) is 0 Å². The van der Waals surface area contributed by atoms with E-state index in [0.29, 0.717) is 34.6 Å². The summed E-state index contributed by atoms with van der Waals surface area (Å²) in [5.74, 6) is 1.11. The van der Waals surface area contributed by atoms with Crippen molar-refractivity contribution in [3.8, 4) is 11.4 Å². The Kier molecular flexibility index (Phi) is 6.77. The number of para-hydroxylation sites is 1. The highest BCUT2D eigenvalue weighted by Gasteiger charge is 2.27. The molecule has 0 fully saturated rings. The summed E-state index contributed by atoms with van der Waals surface area (Å²) in [7, 11) is 1.60. The van der Waals surface area contributed by atoms with E-state index in [1.54, 1.807) is 46.9 Å². The molecule has 0 spiro atoms. The third-order valence-electron chi connectivity index (χ3n) is 5.97. The van der Waals surface area contributed by atoms with E-state index in [2.05, 4.69) is 0 Å². The minimum absolute atomic E-state index is 0.116. The zero-order chi connectivity index (χ0) is 24.2. The lowest BCUT2D eigenvalue weighted by molar-refractivity contribution is 0.0681. The first-order chi connectivity index (χ1) is 16.4. The highest BCUT2D eigenvalue weighted by Crippen LogP contribution is 2.25. The van der Waals surface area contributed by atoms with Gasteiger partial charge in [0.2, 0.25) is 0 Å². The number of aromatic nitrogens is 2. The molecule has 0 saturated carbocycles. The molecular weight excluding hydrogens is 426 g/mol. The summed E-state index contributed by atoms with van der Waals surface area (Å²) in [6, 6.07) is 21.7. The van der Waals surface area contributed by atoms with E-state index in [9.17, 15) is 9.59 Å². The van der Waals surface area contributed by atoms with Gasteiger partial charge in [0.05, 0.1) is 29.7 Å². The number of nitrogens with zero attached hydrogens (tertiary/aromatic N) is 3. The average molecular weight is 456 g/mol. The summed E-state index contributed by atoms with van der Waals surface area (Å²) in [6.07, 6.45) is 0.772. The van der Waals surface area contributed by atoms with E-state index in [0.717, 1.165) is 17.7 Å². The van der Waals surface area contributed by atoms with Crippen molar-refractivity contribution in [2.75, 3.05) is 13.7 Å². The topological polar surface area (TPSA) is 64.4 Å². The zero-order valence-electron chi connectivity index (χ0n) is 20.0. The van der Waals surface area contributed by atoms with Crippen molar-refractivity contribution in [2.24, 2.45) is 0 Å². The molecule has 1 aromatic heterocycles. The van der Waals surface area contributed by atoms with E-state index in [1.807, 2.05) is 63.2 Å². The van der Waals surface area contributed by atoms with Crippen LogP contribution in [0.4, 0.5) is 0 Å². The van der Waals surface area contributed by atoms with E-state index in [1.165, 1.54) is 0 Å². The molecule has 1 unspecified atom stereocenters. The lowest BCUT2D eigenvalue weighted by Crippen LogP contribution is -2.38. The van der Waals surface area contributed by atoms with E-state index in [4.69, 9.17) is 9.72 Å². The molecule has 0 aliphatic rings. The van der Waals surface area contributed by atoms with E-state index in [-0.39, 0.29) is 11.5 Å². The summed E-state index contributed by atoms with van der Waals surface area (Å²) >= 11 is 0. The van der Waals surface area contributed by atoms with Crippen LogP contribution in [0.3, 0.4) is 0 Å². The van der Waals surface area contributed by atoms with Crippen LogP contribution in [0, 0.1) is 6.92 Å². The second kappa shape index (κ2) is 9.91. The number of carbonyl (C=O) groups excluding carboxylic acids is 1. The lowest BCUT2D eigenvalue weighted by atomic mass is 10.1. The van der Waals surface area contributed by atoms with E-state index >= 15 is 0 Å². The van der Waals surface area contributed by atoms with Gasteiger partial charge in [0.15, 0.2) is 0 Å². The highest BCUT2D eigenvalue weighted by atomic mass is 16.5. The summed E-state index contributed by atoms with van der Waals surface area (Å²) < 4.78 is 6.87. The Labute approximate surface area is 199 Å². The number of ether oxygens (including phenoxy) is 1. The number of amides is 1. The minimum atomic E-state index is -0.438. The Balaban J connectivity index is 1.88. The Morgan fingerprint density at radius 2 is 1.79 bits per heavy atom. The Hall–Kier alpha value is -3.93. The lowest BCUT2D eigenvalue weighted by Gasteiger charge is -2.30. The van der Waals surface area contributed by atoms with Crippen LogP contribution >= 0.6 is 0 Å². The molecule has 6 heteroatoms. The molecule has 1 heterocycles. The van der Waals surface area contributed by atoms with Crippen molar-refractivity contribution in [2.45, 2.75) is 33.2 Å². The maximum absolute atomic E-state index is 13.7. The summed E-state index contributed by atoms with van der Waals surface area (Å²) in [6.45, 7) is 6.48. The van der Waals surface area contributed by atoms with Gasteiger partial charge in [-0.15, -0.1) is 0 Å². The molecule has 6 nitrogen and oxygen atoms in total. The van der Waals surface area contributed by atoms with Gasteiger partial charge in [0.1, 0.15) is 11.6 Å². The van der Waals surface area contributed by atoms with Crippen LogP contribution in [0.2, 0.25) is 0 Å². The largest absolute Gasteiger partial charge is 0.497 e. The van der Waals surface area contributed by atoms with Gasteiger partial charge in [-0.25, -0.2) is 4.98 Å². The third-order valence-corrected chi connectivity index (χ3v) is 5.97. The number of fused-ring (bicyclic) bond motifs is 1. The fourth-order valence-corrected chi connectivity index (χ4v) is 4.20. The van der Waals surface area contributed by atoms with Crippen molar-refractivity contribution >= 4 is 16.8 Å². The Morgan fingerprint density at radius 1 is 1.06 bits per heavy atom. The molecule has 4 aromatic rings. The molecule has 0 bridgehead atoms. The van der Waals surface area contributed by atoms with Gasteiger partial charge in [-0.3, -0.25) is 14.2 Å². The number of hydrogen-bond acceptors (Lipinski definition) is 4. The van der Waals surface area contributed by atoms with Crippen LogP contribution in [0.25, 0.3) is 16.6 Å². The maximum atomic E-state index is 13.7. The van der Waals surface area contributed by atoms with Gasteiger partial charge >= 0.3 is 0 Å². The van der Waals surface area contributed by atoms with Crippen LogP contribution in [-0.4, -0.2) is 34.0 Å². The molecule has 1 amide bonds. The number of methoxy groups -OCH3 is 1. The number of hydrogen-bond donors (Lipinski definition) is 0. The molecule has 0 radical (unpaired) electrons. The first kappa shape index (κ1) is 23.2. The number of aryl methyl sites for hydroxylation is 1.